The zero-order valence-electron chi connectivity index (χ0n) is 15.1. The minimum atomic E-state index is -0.0125. The molecule has 0 bridgehead atoms. The Morgan fingerprint density at radius 2 is 2.04 bits per heavy atom. The SMILES string of the molecule is CC(C)Cc1ccc(-c2nc(-c3ccc4c(c3)CC(=O)N4)no2)cc1C#N. The standard InChI is InChI=1S/C21H18N4O2/c1-12(2)7-13-3-4-15(9-17(13)11-22)21-24-20(25-27-21)14-5-6-18-16(8-14)10-19(26)23-18/h3-6,8-9,12H,7,10H2,1-2H3,(H,23,26). The molecular weight excluding hydrogens is 340 g/mol. The van der Waals surface area contributed by atoms with E-state index in [1.807, 2.05) is 30.3 Å². The van der Waals surface area contributed by atoms with E-state index < -0.39 is 0 Å². The van der Waals surface area contributed by atoms with Crippen molar-refractivity contribution in [2.24, 2.45) is 5.92 Å². The van der Waals surface area contributed by atoms with Crippen molar-refractivity contribution in [1.82, 2.24) is 10.1 Å². The molecule has 4 rings (SSSR count). The smallest absolute Gasteiger partial charge is 0.258 e. The van der Waals surface area contributed by atoms with Crippen molar-refractivity contribution in [2.45, 2.75) is 26.7 Å². The maximum absolute atomic E-state index is 11.5. The van der Waals surface area contributed by atoms with Crippen molar-refractivity contribution in [1.29, 1.82) is 5.26 Å². The fraction of sp³-hybridized carbons (Fsp3) is 0.238. The minimum absolute atomic E-state index is 0.0125. The molecule has 0 saturated heterocycles. The van der Waals surface area contributed by atoms with Crippen molar-refractivity contribution >= 4 is 11.6 Å². The van der Waals surface area contributed by atoms with E-state index in [0.717, 1.165) is 34.4 Å². The molecule has 2 aromatic carbocycles. The highest BCUT2D eigenvalue weighted by atomic mass is 16.5. The van der Waals surface area contributed by atoms with Crippen LogP contribution in [0.3, 0.4) is 0 Å². The Labute approximate surface area is 156 Å². The van der Waals surface area contributed by atoms with Gasteiger partial charge in [0.25, 0.3) is 5.89 Å². The van der Waals surface area contributed by atoms with Gasteiger partial charge in [-0.3, -0.25) is 4.79 Å². The number of hydrogen-bond acceptors (Lipinski definition) is 5. The molecule has 1 aliphatic heterocycles. The Balaban J connectivity index is 1.64. The van der Waals surface area contributed by atoms with Crippen LogP contribution in [0.2, 0.25) is 0 Å². The number of aromatic nitrogens is 2. The molecule has 0 atom stereocenters. The Morgan fingerprint density at radius 3 is 2.81 bits per heavy atom. The molecule has 0 spiro atoms. The molecule has 1 aliphatic rings. The Kier molecular flexibility index (Phi) is 4.21. The number of benzene rings is 2. The van der Waals surface area contributed by atoms with Crippen molar-refractivity contribution in [3.05, 3.63) is 53.1 Å². The molecule has 3 aromatic rings. The van der Waals surface area contributed by atoms with Crippen LogP contribution in [0.5, 0.6) is 0 Å². The second kappa shape index (κ2) is 6.69. The van der Waals surface area contributed by atoms with Gasteiger partial charge in [-0.2, -0.15) is 10.2 Å². The molecule has 2 heterocycles. The molecule has 1 N–H and O–H groups in total. The number of fused-ring (bicyclic) bond motifs is 1. The van der Waals surface area contributed by atoms with Crippen LogP contribution in [0, 0.1) is 17.2 Å². The Bertz CT molecular complexity index is 1080. The van der Waals surface area contributed by atoms with Crippen LogP contribution in [0.15, 0.2) is 40.9 Å². The van der Waals surface area contributed by atoms with Gasteiger partial charge in [-0.15, -0.1) is 0 Å². The quantitative estimate of drug-likeness (QED) is 0.762. The van der Waals surface area contributed by atoms with Gasteiger partial charge < -0.3 is 9.84 Å². The summed E-state index contributed by atoms with van der Waals surface area (Å²) in [6.45, 7) is 4.25. The second-order valence-electron chi connectivity index (χ2n) is 7.10. The summed E-state index contributed by atoms with van der Waals surface area (Å²) in [6, 6.07) is 13.5. The van der Waals surface area contributed by atoms with Crippen LogP contribution in [-0.2, 0) is 17.6 Å². The largest absolute Gasteiger partial charge is 0.334 e. The summed E-state index contributed by atoms with van der Waals surface area (Å²) in [5.41, 5.74) is 4.91. The molecular formula is C21H18N4O2. The van der Waals surface area contributed by atoms with E-state index >= 15 is 0 Å². The summed E-state index contributed by atoms with van der Waals surface area (Å²) in [5.74, 6) is 1.28. The van der Waals surface area contributed by atoms with Crippen LogP contribution in [0.4, 0.5) is 5.69 Å². The van der Waals surface area contributed by atoms with E-state index in [2.05, 4.69) is 35.4 Å². The Hall–Kier alpha value is -3.46. The first-order valence-electron chi connectivity index (χ1n) is 8.83. The molecule has 1 amide bonds. The van der Waals surface area contributed by atoms with Crippen LogP contribution in [0.25, 0.3) is 22.8 Å². The Morgan fingerprint density at radius 1 is 1.22 bits per heavy atom. The number of nitrogens with zero attached hydrogens (tertiary/aromatic N) is 3. The first-order valence-corrected chi connectivity index (χ1v) is 8.83. The van der Waals surface area contributed by atoms with Crippen molar-refractivity contribution < 1.29 is 9.32 Å². The van der Waals surface area contributed by atoms with Gasteiger partial charge in [0.05, 0.1) is 18.1 Å². The summed E-state index contributed by atoms with van der Waals surface area (Å²) in [6.07, 6.45) is 1.21. The predicted molar refractivity (Wildman–Crippen MR) is 101 cm³/mol. The first-order chi connectivity index (χ1) is 13.0. The van der Waals surface area contributed by atoms with Crippen LogP contribution in [-0.4, -0.2) is 16.0 Å². The lowest BCUT2D eigenvalue weighted by atomic mass is 9.97. The second-order valence-corrected chi connectivity index (χ2v) is 7.10. The average molecular weight is 358 g/mol. The number of rotatable bonds is 4. The summed E-state index contributed by atoms with van der Waals surface area (Å²) < 4.78 is 5.41. The van der Waals surface area contributed by atoms with Gasteiger partial charge in [0, 0.05) is 16.8 Å². The van der Waals surface area contributed by atoms with E-state index in [0.29, 0.717) is 29.6 Å². The third kappa shape index (κ3) is 3.32. The maximum atomic E-state index is 11.5. The normalized spacial score (nSPS) is 12.7. The van der Waals surface area contributed by atoms with E-state index in [-0.39, 0.29) is 5.91 Å². The van der Waals surface area contributed by atoms with Crippen LogP contribution >= 0.6 is 0 Å². The maximum Gasteiger partial charge on any atom is 0.258 e. The number of nitrogens with one attached hydrogen (secondary N) is 1. The molecule has 6 nitrogen and oxygen atoms in total. The number of amides is 1. The highest BCUT2D eigenvalue weighted by Crippen LogP contribution is 2.29. The lowest BCUT2D eigenvalue weighted by molar-refractivity contribution is -0.115. The van der Waals surface area contributed by atoms with Gasteiger partial charge in [0.2, 0.25) is 11.7 Å². The highest BCUT2D eigenvalue weighted by molar-refractivity contribution is 5.99. The summed E-state index contributed by atoms with van der Waals surface area (Å²) in [5, 5.41) is 16.3. The molecule has 0 fully saturated rings. The van der Waals surface area contributed by atoms with Crippen molar-refractivity contribution in [2.75, 3.05) is 5.32 Å². The highest BCUT2D eigenvalue weighted by Gasteiger charge is 2.19. The zero-order chi connectivity index (χ0) is 19.0. The third-order valence-corrected chi connectivity index (χ3v) is 4.52. The lowest BCUT2D eigenvalue weighted by Gasteiger charge is -2.07. The summed E-state index contributed by atoms with van der Waals surface area (Å²) >= 11 is 0. The number of nitriles is 1. The van der Waals surface area contributed by atoms with Gasteiger partial charge >= 0.3 is 0 Å². The van der Waals surface area contributed by atoms with Gasteiger partial charge in [0.1, 0.15) is 0 Å². The molecule has 27 heavy (non-hydrogen) atoms. The predicted octanol–water partition coefficient (Wildman–Crippen LogP) is 3.97. The molecule has 0 unspecified atom stereocenters. The van der Waals surface area contributed by atoms with E-state index in [9.17, 15) is 10.1 Å². The molecule has 6 heteroatoms. The fourth-order valence-electron chi connectivity index (χ4n) is 3.26. The zero-order valence-corrected chi connectivity index (χ0v) is 15.1. The first kappa shape index (κ1) is 17.0. The third-order valence-electron chi connectivity index (χ3n) is 4.52. The van der Waals surface area contributed by atoms with Gasteiger partial charge in [0.15, 0.2) is 0 Å². The molecule has 134 valence electrons. The van der Waals surface area contributed by atoms with Gasteiger partial charge in [-0.05, 0) is 53.8 Å². The topological polar surface area (TPSA) is 91.8 Å². The molecule has 0 aliphatic carbocycles. The number of carbonyl (C=O) groups is 1. The van der Waals surface area contributed by atoms with E-state index in [1.54, 1.807) is 6.07 Å². The number of anilines is 1. The molecule has 0 radical (unpaired) electrons. The fourth-order valence-corrected chi connectivity index (χ4v) is 3.26. The van der Waals surface area contributed by atoms with Gasteiger partial charge in [-0.1, -0.05) is 25.1 Å². The minimum Gasteiger partial charge on any atom is -0.334 e. The van der Waals surface area contributed by atoms with Gasteiger partial charge in [-0.25, -0.2) is 0 Å². The summed E-state index contributed by atoms with van der Waals surface area (Å²) in [7, 11) is 0. The number of carbonyl (C=O) groups excluding carboxylic acids is 1. The molecule has 1 aromatic heterocycles. The van der Waals surface area contributed by atoms with Crippen LogP contribution < -0.4 is 5.32 Å². The van der Waals surface area contributed by atoms with E-state index in [4.69, 9.17) is 4.52 Å². The monoisotopic (exact) mass is 358 g/mol. The average Bonchev–Trinajstić information content (AvgIpc) is 3.26. The summed E-state index contributed by atoms with van der Waals surface area (Å²) in [4.78, 5) is 16.0. The van der Waals surface area contributed by atoms with Crippen LogP contribution in [0.1, 0.15) is 30.5 Å². The lowest BCUT2D eigenvalue weighted by Crippen LogP contribution is -2.03. The van der Waals surface area contributed by atoms with E-state index in [1.165, 1.54) is 0 Å². The van der Waals surface area contributed by atoms with Crippen molar-refractivity contribution in [3.8, 4) is 28.9 Å². The molecule has 0 saturated carbocycles. The van der Waals surface area contributed by atoms with Crippen molar-refractivity contribution in [3.63, 3.8) is 0 Å². The number of hydrogen-bond donors (Lipinski definition) is 1.